The molecule has 1 aromatic rings. The molecule has 1 aromatic carbocycles. The SMILES string of the molecule is O=S(=O)(c1ccc(N2CCNC2)cc1)C(F)(F)F. The summed E-state index contributed by atoms with van der Waals surface area (Å²) in [5.41, 5.74) is -4.56. The smallest absolute Gasteiger partial charge is 0.357 e. The summed E-state index contributed by atoms with van der Waals surface area (Å²) in [6.45, 7) is 2.14. The molecule has 4 nitrogen and oxygen atoms in total. The molecule has 0 unspecified atom stereocenters. The lowest BCUT2D eigenvalue weighted by Crippen LogP contribution is -2.24. The Morgan fingerprint density at radius 1 is 1.17 bits per heavy atom. The van der Waals surface area contributed by atoms with Crippen molar-refractivity contribution in [3.63, 3.8) is 0 Å². The monoisotopic (exact) mass is 280 g/mol. The lowest BCUT2D eigenvalue weighted by molar-refractivity contribution is -0.0436. The van der Waals surface area contributed by atoms with Crippen molar-refractivity contribution in [3.05, 3.63) is 24.3 Å². The molecule has 0 atom stereocenters. The summed E-state index contributed by atoms with van der Waals surface area (Å²) in [4.78, 5) is 1.18. The Morgan fingerprint density at radius 2 is 1.78 bits per heavy atom. The van der Waals surface area contributed by atoms with E-state index in [0.29, 0.717) is 12.4 Å². The summed E-state index contributed by atoms with van der Waals surface area (Å²) in [5.74, 6) is 0. The van der Waals surface area contributed by atoms with E-state index in [0.717, 1.165) is 25.2 Å². The minimum Gasteiger partial charge on any atom is -0.357 e. The van der Waals surface area contributed by atoms with Gasteiger partial charge in [0.2, 0.25) is 0 Å². The number of nitrogens with zero attached hydrogens (tertiary/aromatic N) is 1. The molecule has 1 heterocycles. The van der Waals surface area contributed by atoms with E-state index in [2.05, 4.69) is 5.32 Å². The number of anilines is 1. The van der Waals surface area contributed by atoms with Gasteiger partial charge < -0.3 is 4.90 Å². The fourth-order valence-electron chi connectivity index (χ4n) is 1.70. The van der Waals surface area contributed by atoms with Gasteiger partial charge in [0.1, 0.15) is 0 Å². The van der Waals surface area contributed by atoms with Crippen LogP contribution in [0.15, 0.2) is 29.2 Å². The van der Waals surface area contributed by atoms with Crippen LogP contribution in [0.25, 0.3) is 0 Å². The molecule has 1 saturated heterocycles. The third-order valence-electron chi connectivity index (χ3n) is 2.68. The van der Waals surface area contributed by atoms with Crippen LogP contribution >= 0.6 is 0 Å². The molecule has 1 N–H and O–H groups in total. The zero-order valence-electron chi connectivity index (χ0n) is 9.24. The van der Waals surface area contributed by atoms with Gasteiger partial charge in [-0.3, -0.25) is 5.32 Å². The largest absolute Gasteiger partial charge is 0.501 e. The van der Waals surface area contributed by atoms with Crippen molar-refractivity contribution in [1.82, 2.24) is 5.32 Å². The van der Waals surface area contributed by atoms with Gasteiger partial charge in [-0.25, -0.2) is 8.42 Å². The Hall–Kier alpha value is -1.28. The summed E-state index contributed by atoms with van der Waals surface area (Å²) in [5, 5.41) is 3.07. The molecule has 1 aliphatic rings. The third-order valence-corrected chi connectivity index (χ3v) is 4.18. The van der Waals surface area contributed by atoms with Crippen LogP contribution in [0.5, 0.6) is 0 Å². The molecular formula is C10H11F3N2O2S. The minimum atomic E-state index is -5.26. The van der Waals surface area contributed by atoms with Gasteiger partial charge in [-0.1, -0.05) is 0 Å². The minimum absolute atomic E-state index is 0.603. The Kier molecular flexibility index (Phi) is 3.24. The maximum Gasteiger partial charge on any atom is 0.501 e. The zero-order valence-corrected chi connectivity index (χ0v) is 10.1. The highest BCUT2D eigenvalue weighted by atomic mass is 32.2. The molecule has 0 radical (unpaired) electrons. The number of rotatable bonds is 2. The fraction of sp³-hybridized carbons (Fsp3) is 0.400. The average molecular weight is 280 g/mol. The molecule has 0 spiro atoms. The molecule has 18 heavy (non-hydrogen) atoms. The predicted molar refractivity (Wildman–Crippen MR) is 59.9 cm³/mol. The van der Waals surface area contributed by atoms with E-state index in [4.69, 9.17) is 0 Å². The second kappa shape index (κ2) is 4.43. The molecule has 2 rings (SSSR count). The highest BCUT2D eigenvalue weighted by Gasteiger charge is 2.46. The van der Waals surface area contributed by atoms with Gasteiger partial charge in [-0.05, 0) is 24.3 Å². The highest BCUT2D eigenvalue weighted by Crippen LogP contribution is 2.31. The topological polar surface area (TPSA) is 49.4 Å². The average Bonchev–Trinajstić information content (AvgIpc) is 2.81. The van der Waals surface area contributed by atoms with Gasteiger partial charge in [-0.2, -0.15) is 13.2 Å². The first-order chi connectivity index (χ1) is 8.32. The van der Waals surface area contributed by atoms with E-state index in [1.165, 1.54) is 12.1 Å². The number of hydrogen-bond donors (Lipinski definition) is 1. The van der Waals surface area contributed by atoms with Crippen molar-refractivity contribution in [2.45, 2.75) is 10.4 Å². The quantitative estimate of drug-likeness (QED) is 0.888. The summed E-state index contributed by atoms with van der Waals surface area (Å²) in [7, 11) is -5.25. The number of benzene rings is 1. The Labute approximate surface area is 102 Å². The first-order valence-corrected chi connectivity index (χ1v) is 6.68. The molecular weight excluding hydrogens is 269 g/mol. The standard InChI is InChI=1S/C10H11F3N2O2S/c11-10(12,13)18(16,17)9-3-1-8(2-4-9)15-6-5-14-7-15/h1-4,14H,5-7H2. The van der Waals surface area contributed by atoms with E-state index in [1.807, 2.05) is 4.90 Å². The van der Waals surface area contributed by atoms with Gasteiger partial charge >= 0.3 is 5.51 Å². The molecule has 0 aromatic heterocycles. The van der Waals surface area contributed by atoms with Crippen LogP contribution in [0.4, 0.5) is 18.9 Å². The van der Waals surface area contributed by atoms with E-state index in [-0.39, 0.29) is 0 Å². The number of sulfone groups is 1. The summed E-state index contributed by atoms with van der Waals surface area (Å²) >= 11 is 0. The van der Waals surface area contributed by atoms with Gasteiger partial charge in [0.05, 0.1) is 11.6 Å². The maximum absolute atomic E-state index is 12.3. The van der Waals surface area contributed by atoms with Crippen molar-refractivity contribution < 1.29 is 21.6 Å². The maximum atomic E-state index is 12.3. The number of hydrogen-bond acceptors (Lipinski definition) is 4. The lowest BCUT2D eigenvalue weighted by atomic mass is 10.3. The van der Waals surface area contributed by atoms with Gasteiger partial charge in [0.15, 0.2) is 0 Å². The second-order valence-electron chi connectivity index (χ2n) is 3.86. The molecule has 1 fully saturated rings. The van der Waals surface area contributed by atoms with E-state index in [9.17, 15) is 21.6 Å². The number of alkyl halides is 3. The Balaban J connectivity index is 2.28. The van der Waals surface area contributed by atoms with E-state index >= 15 is 0 Å². The first-order valence-electron chi connectivity index (χ1n) is 5.19. The fourth-order valence-corrected chi connectivity index (χ4v) is 2.46. The van der Waals surface area contributed by atoms with E-state index < -0.39 is 20.2 Å². The van der Waals surface area contributed by atoms with Gasteiger partial charge in [0.25, 0.3) is 9.84 Å². The van der Waals surface area contributed by atoms with Crippen LogP contribution in [0.3, 0.4) is 0 Å². The highest BCUT2D eigenvalue weighted by molar-refractivity contribution is 7.92. The number of halogens is 3. The molecule has 0 bridgehead atoms. The summed E-state index contributed by atoms with van der Waals surface area (Å²) < 4.78 is 59.2. The Bertz CT molecular complexity index is 519. The third kappa shape index (κ3) is 2.30. The van der Waals surface area contributed by atoms with Crippen LogP contribution in [0.2, 0.25) is 0 Å². The summed E-state index contributed by atoms with van der Waals surface area (Å²) in [6, 6.07) is 4.73. The van der Waals surface area contributed by atoms with Crippen LogP contribution in [-0.4, -0.2) is 33.7 Å². The first kappa shape index (κ1) is 13.2. The van der Waals surface area contributed by atoms with Crippen molar-refractivity contribution in [3.8, 4) is 0 Å². The predicted octanol–water partition coefficient (Wildman–Crippen LogP) is 1.35. The van der Waals surface area contributed by atoms with Gasteiger partial charge in [-0.15, -0.1) is 0 Å². The molecule has 1 aliphatic heterocycles. The second-order valence-corrected chi connectivity index (χ2v) is 5.81. The normalized spacial score (nSPS) is 17.2. The van der Waals surface area contributed by atoms with Crippen molar-refractivity contribution in [2.24, 2.45) is 0 Å². The van der Waals surface area contributed by atoms with E-state index in [1.54, 1.807) is 0 Å². The Morgan fingerprint density at radius 3 is 2.22 bits per heavy atom. The molecule has 8 heteroatoms. The van der Waals surface area contributed by atoms with Crippen LogP contribution in [0.1, 0.15) is 0 Å². The zero-order chi connectivity index (χ0) is 13.4. The lowest BCUT2D eigenvalue weighted by Gasteiger charge is -2.17. The van der Waals surface area contributed by atoms with Gasteiger partial charge in [0, 0.05) is 18.8 Å². The van der Waals surface area contributed by atoms with Crippen LogP contribution < -0.4 is 10.2 Å². The molecule has 0 saturated carbocycles. The molecule has 100 valence electrons. The summed E-state index contributed by atoms with van der Waals surface area (Å²) in [6.07, 6.45) is 0. The molecule has 0 aliphatic carbocycles. The van der Waals surface area contributed by atoms with Crippen LogP contribution in [0, 0.1) is 0 Å². The number of nitrogens with one attached hydrogen (secondary N) is 1. The van der Waals surface area contributed by atoms with Crippen molar-refractivity contribution in [1.29, 1.82) is 0 Å². The van der Waals surface area contributed by atoms with Crippen LogP contribution in [-0.2, 0) is 9.84 Å². The van der Waals surface area contributed by atoms with Crippen molar-refractivity contribution in [2.75, 3.05) is 24.7 Å². The molecule has 0 amide bonds. The van der Waals surface area contributed by atoms with Crippen molar-refractivity contribution >= 4 is 15.5 Å².